The van der Waals surface area contributed by atoms with Gasteiger partial charge in [-0.3, -0.25) is 14.7 Å². The maximum Gasteiger partial charge on any atom is 0.234 e. The number of allylic oxidation sites excluding steroid dienone is 4. The highest BCUT2D eigenvalue weighted by Crippen LogP contribution is 2.34. The van der Waals surface area contributed by atoms with E-state index in [0.29, 0.717) is 49.8 Å². The van der Waals surface area contributed by atoms with Crippen LogP contribution in [0.1, 0.15) is 39.0 Å². The van der Waals surface area contributed by atoms with Crippen LogP contribution in [0.25, 0.3) is 0 Å². The van der Waals surface area contributed by atoms with Gasteiger partial charge >= 0.3 is 0 Å². The van der Waals surface area contributed by atoms with Crippen molar-refractivity contribution in [3.8, 4) is 5.75 Å². The molecule has 0 bridgehead atoms. The van der Waals surface area contributed by atoms with Crippen LogP contribution in [-0.2, 0) is 9.53 Å². The van der Waals surface area contributed by atoms with Gasteiger partial charge in [-0.1, -0.05) is 12.1 Å². The van der Waals surface area contributed by atoms with Gasteiger partial charge in [0.15, 0.2) is 0 Å². The molecule has 4 rings (SSSR count). The van der Waals surface area contributed by atoms with Crippen LogP contribution in [-0.4, -0.2) is 42.5 Å². The molecule has 0 aromatic heterocycles. The second-order valence-corrected chi connectivity index (χ2v) is 7.87. The fourth-order valence-electron chi connectivity index (χ4n) is 4.20. The summed E-state index contributed by atoms with van der Waals surface area (Å²) in [5, 5.41) is 0. The average molecular weight is 428 g/mol. The number of hydrogen-bond donors (Lipinski definition) is 0. The van der Waals surface area contributed by atoms with E-state index in [1.165, 1.54) is 23.1 Å². The molecule has 31 heavy (non-hydrogen) atoms. The Morgan fingerprint density at radius 1 is 1.23 bits per heavy atom. The molecule has 5 nitrogen and oxygen atoms in total. The van der Waals surface area contributed by atoms with Gasteiger partial charge in [0.25, 0.3) is 0 Å². The van der Waals surface area contributed by atoms with Gasteiger partial charge in [0.05, 0.1) is 25.7 Å². The molecule has 2 aliphatic heterocycles. The van der Waals surface area contributed by atoms with Crippen molar-refractivity contribution in [2.24, 2.45) is 4.99 Å². The Bertz CT molecular complexity index is 981. The van der Waals surface area contributed by atoms with Crippen LogP contribution in [0.3, 0.4) is 0 Å². The topological polar surface area (TPSA) is 51.1 Å². The van der Waals surface area contributed by atoms with E-state index >= 15 is 0 Å². The van der Waals surface area contributed by atoms with Crippen molar-refractivity contribution in [2.75, 3.05) is 19.8 Å². The van der Waals surface area contributed by atoms with E-state index in [0.717, 1.165) is 17.6 Å². The number of aliphatic imine (C=N–C) groups is 1. The van der Waals surface area contributed by atoms with Gasteiger partial charge in [-0.25, -0.2) is 8.78 Å². The van der Waals surface area contributed by atoms with Gasteiger partial charge in [0.1, 0.15) is 29.8 Å². The van der Waals surface area contributed by atoms with Crippen LogP contribution in [0.4, 0.5) is 8.78 Å². The number of amidine groups is 1. The summed E-state index contributed by atoms with van der Waals surface area (Å²) >= 11 is 0. The summed E-state index contributed by atoms with van der Waals surface area (Å²) < 4.78 is 39.3. The first kappa shape index (κ1) is 21.4. The number of amides is 1. The molecule has 0 fully saturated rings. The number of hydrogen-bond acceptors (Lipinski definition) is 4. The zero-order chi connectivity index (χ0) is 21.8. The predicted molar refractivity (Wildman–Crippen MR) is 114 cm³/mol. The average Bonchev–Trinajstić information content (AvgIpc) is 3.01. The largest absolute Gasteiger partial charge is 0.491 e. The van der Waals surface area contributed by atoms with Crippen LogP contribution < -0.4 is 4.74 Å². The molecule has 1 atom stereocenters. The van der Waals surface area contributed by atoms with E-state index in [4.69, 9.17) is 9.47 Å². The molecule has 1 amide bonds. The number of benzene rings is 1. The third-order valence-electron chi connectivity index (χ3n) is 5.65. The normalized spacial score (nSPS) is 22.5. The lowest BCUT2D eigenvalue weighted by atomic mass is 9.92. The highest BCUT2D eigenvalue weighted by atomic mass is 19.1. The minimum absolute atomic E-state index is 0.134. The summed E-state index contributed by atoms with van der Waals surface area (Å²) in [4.78, 5) is 18.9. The van der Waals surface area contributed by atoms with Gasteiger partial charge in [-0.15, -0.1) is 0 Å². The maximum atomic E-state index is 14.9. The molecule has 2 heterocycles. The first-order valence-electron chi connectivity index (χ1n) is 10.6. The Labute approximate surface area is 180 Å². The zero-order valence-corrected chi connectivity index (χ0v) is 17.6. The number of nitrogens with zero attached hydrogens (tertiary/aromatic N) is 2. The van der Waals surface area contributed by atoms with E-state index in [1.54, 1.807) is 19.1 Å². The first-order chi connectivity index (χ1) is 15.0. The Kier molecular flexibility index (Phi) is 6.61. The monoisotopic (exact) mass is 428 g/mol. The molecule has 0 saturated heterocycles. The second kappa shape index (κ2) is 9.56. The minimum atomic E-state index is -0.381. The van der Waals surface area contributed by atoms with Gasteiger partial charge < -0.3 is 9.47 Å². The summed E-state index contributed by atoms with van der Waals surface area (Å²) in [6.45, 7) is 3.19. The minimum Gasteiger partial charge on any atom is -0.491 e. The molecular formula is C24H26F2N2O3. The maximum absolute atomic E-state index is 14.9. The molecule has 1 aromatic carbocycles. The van der Waals surface area contributed by atoms with E-state index in [9.17, 15) is 13.6 Å². The fourth-order valence-corrected chi connectivity index (χ4v) is 4.20. The molecule has 0 radical (unpaired) electrons. The first-order valence-corrected chi connectivity index (χ1v) is 10.6. The number of carbonyl (C=O) groups is 1. The summed E-state index contributed by atoms with van der Waals surface area (Å²) in [5.74, 6) is 0.120. The van der Waals surface area contributed by atoms with Crippen LogP contribution >= 0.6 is 0 Å². The summed E-state index contributed by atoms with van der Waals surface area (Å²) in [6.07, 6.45) is 6.30. The quantitative estimate of drug-likeness (QED) is 0.673. The summed E-state index contributed by atoms with van der Waals surface area (Å²) in [7, 11) is 0. The van der Waals surface area contributed by atoms with Gasteiger partial charge in [-0.05, 0) is 62.0 Å². The Balaban J connectivity index is 1.46. The molecule has 3 aliphatic rings. The number of carbonyl (C=O) groups excluding carboxylic acids is 1. The van der Waals surface area contributed by atoms with Crippen LogP contribution in [0.2, 0.25) is 0 Å². The lowest BCUT2D eigenvalue weighted by molar-refractivity contribution is -0.127. The van der Waals surface area contributed by atoms with Crippen molar-refractivity contribution < 1.29 is 23.0 Å². The Hall–Kier alpha value is -2.80. The lowest BCUT2D eigenvalue weighted by Crippen LogP contribution is -2.42. The molecule has 7 heteroatoms. The highest BCUT2D eigenvalue weighted by Gasteiger charge is 2.31. The zero-order valence-electron chi connectivity index (χ0n) is 17.6. The lowest BCUT2D eigenvalue weighted by Gasteiger charge is -2.33. The Morgan fingerprint density at radius 3 is 2.87 bits per heavy atom. The van der Waals surface area contributed by atoms with Crippen molar-refractivity contribution in [1.29, 1.82) is 0 Å². The van der Waals surface area contributed by atoms with E-state index < -0.39 is 0 Å². The molecule has 164 valence electrons. The van der Waals surface area contributed by atoms with Gasteiger partial charge in [-0.2, -0.15) is 0 Å². The summed E-state index contributed by atoms with van der Waals surface area (Å²) in [5.41, 5.74) is 2.35. The van der Waals surface area contributed by atoms with Crippen molar-refractivity contribution in [2.45, 2.75) is 45.1 Å². The van der Waals surface area contributed by atoms with Crippen molar-refractivity contribution in [3.63, 3.8) is 0 Å². The molecule has 1 aromatic rings. The standard InChI is InChI=1S/C24H26F2N2O3/c1-16-27-19(15-31-21-6-2-5-18(25)12-21)13-24(29)28(16)20-7-8-22(23(26)14-20)17-4-3-10-30-11-9-17/h2,4-6,12,14,19H,3,7-11,13,15H2,1H3. The molecule has 0 N–H and O–H groups in total. The van der Waals surface area contributed by atoms with Crippen LogP contribution in [0.5, 0.6) is 5.75 Å². The molecule has 1 aliphatic carbocycles. The fraction of sp³-hybridized carbons (Fsp3) is 0.417. The third kappa shape index (κ3) is 5.10. The third-order valence-corrected chi connectivity index (χ3v) is 5.65. The van der Waals surface area contributed by atoms with Crippen molar-refractivity contribution >= 4 is 11.7 Å². The van der Waals surface area contributed by atoms with Gasteiger partial charge in [0, 0.05) is 11.8 Å². The van der Waals surface area contributed by atoms with E-state index in [-0.39, 0.29) is 36.6 Å². The van der Waals surface area contributed by atoms with Crippen molar-refractivity contribution in [3.05, 3.63) is 64.9 Å². The number of halogens is 2. The predicted octanol–water partition coefficient (Wildman–Crippen LogP) is 4.86. The highest BCUT2D eigenvalue weighted by molar-refractivity contribution is 6.01. The molecule has 1 unspecified atom stereocenters. The van der Waals surface area contributed by atoms with Gasteiger partial charge in [0.2, 0.25) is 5.91 Å². The number of ether oxygens (including phenoxy) is 2. The SMILES string of the molecule is CC1=NC(COc2cccc(F)c2)CC(=O)N1C1=CC(F)=C(C2=CCCOCC2)CC1. The van der Waals surface area contributed by atoms with Crippen LogP contribution in [0.15, 0.2) is 64.1 Å². The summed E-state index contributed by atoms with van der Waals surface area (Å²) in [6, 6.07) is 5.50. The molecular weight excluding hydrogens is 402 g/mol. The number of rotatable bonds is 5. The van der Waals surface area contributed by atoms with E-state index in [2.05, 4.69) is 11.1 Å². The van der Waals surface area contributed by atoms with Crippen molar-refractivity contribution in [1.82, 2.24) is 4.90 Å². The smallest absolute Gasteiger partial charge is 0.234 e. The molecule has 0 spiro atoms. The van der Waals surface area contributed by atoms with Crippen LogP contribution in [0, 0.1) is 5.82 Å². The second-order valence-electron chi connectivity index (χ2n) is 7.87. The van der Waals surface area contributed by atoms with E-state index in [1.807, 2.05) is 0 Å². The molecule has 0 saturated carbocycles. The Morgan fingerprint density at radius 2 is 2.10 bits per heavy atom.